The molecule has 3 rings (SSSR count). The number of carbonyl (C=O) groups is 2. The number of ether oxygens (including phenoxy) is 5. The molecule has 0 saturated carbocycles. The highest BCUT2D eigenvalue weighted by atomic mass is 16.5. The molecule has 0 aromatic heterocycles. The van der Waals surface area contributed by atoms with Gasteiger partial charge in [0.25, 0.3) is 11.8 Å². The molecule has 0 fully saturated rings. The Balaban J connectivity index is 1.90. The molecule has 0 aliphatic heterocycles. The van der Waals surface area contributed by atoms with Gasteiger partial charge in [-0.05, 0) is 42.5 Å². The van der Waals surface area contributed by atoms with Gasteiger partial charge in [0, 0.05) is 22.8 Å². The Kier molecular flexibility index (Phi) is 9.70. The van der Waals surface area contributed by atoms with Gasteiger partial charge in [-0.15, -0.1) is 0 Å². The summed E-state index contributed by atoms with van der Waals surface area (Å²) in [5.41, 5.74) is 3.89. The van der Waals surface area contributed by atoms with E-state index in [2.05, 4.69) is 15.8 Å². The van der Waals surface area contributed by atoms with E-state index in [1.54, 1.807) is 60.7 Å². The lowest BCUT2D eigenvalue weighted by atomic mass is 10.1. The fourth-order valence-corrected chi connectivity index (χ4v) is 3.44. The molecule has 10 nitrogen and oxygen atoms in total. The van der Waals surface area contributed by atoms with E-state index in [0.717, 1.165) is 0 Å². The molecule has 0 bridgehead atoms. The minimum Gasteiger partial charge on any atom is -0.497 e. The van der Waals surface area contributed by atoms with Crippen molar-refractivity contribution in [3.05, 3.63) is 83.1 Å². The summed E-state index contributed by atoms with van der Waals surface area (Å²) >= 11 is 0. The number of methoxy groups -OCH3 is 5. The predicted molar refractivity (Wildman–Crippen MR) is 143 cm³/mol. The van der Waals surface area contributed by atoms with Crippen molar-refractivity contribution in [2.45, 2.75) is 0 Å². The minimum atomic E-state index is -0.657. The van der Waals surface area contributed by atoms with E-state index in [-0.39, 0.29) is 5.70 Å². The first-order valence-corrected chi connectivity index (χ1v) is 11.4. The molecule has 0 spiro atoms. The van der Waals surface area contributed by atoms with Crippen molar-refractivity contribution in [2.24, 2.45) is 5.10 Å². The van der Waals surface area contributed by atoms with Gasteiger partial charge in [0.1, 0.15) is 17.2 Å². The van der Waals surface area contributed by atoms with Crippen LogP contribution in [0.15, 0.2) is 71.5 Å². The molecular formula is C28H29N3O7. The third-order valence-electron chi connectivity index (χ3n) is 5.34. The summed E-state index contributed by atoms with van der Waals surface area (Å²) in [4.78, 5) is 26.0. The third kappa shape index (κ3) is 6.82. The number of nitrogens with one attached hydrogen (secondary N) is 2. The summed E-state index contributed by atoms with van der Waals surface area (Å²) in [5, 5.41) is 6.70. The van der Waals surface area contributed by atoms with Gasteiger partial charge in [-0.3, -0.25) is 9.59 Å². The number of nitrogens with zero attached hydrogens (tertiary/aromatic N) is 1. The van der Waals surface area contributed by atoms with Crippen LogP contribution in [0.1, 0.15) is 21.5 Å². The van der Waals surface area contributed by atoms with Crippen molar-refractivity contribution in [1.29, 1.82) is 0 Å². The minimum absolute atomic E-state index is 0.0515. The molecule has 198 valence electrons. The van der Waals surface area contributed by atoms with Crippen LogP contribution in [0.2, 0.25) is 0 Å². The molecule has 0 aliphatic carbocycles. The van der Waals surface area contributed by atoms with Crippen molar-refractivity contribution < 1.29 is 33.3 Å². The highest BCUT2D eigenvalue weighted by molar-refractivity contribution is 6.05. The number of hydrogen-bond donors (Lipinski definition) is 2. The fourth-order valence-electron chi connectivity index (χ4n) is 3.44. The molecule has 2 amide bonds. The Morgan fingerprint density at radius 3 is 2.00 bits per heavy atom. The van der Waals surface area contributed by atoms with Gasteiger partial charge < -0.3 is 29.0 Å². The zero-order valence-corrected chi connectivity index (χ0v) is 21.7. The second kappa shape index (κ2) is 13.4. The Bertz CT molecular complexity index is 1310. The Morgan fingerprint density at radius 2 is 1.42 bits per heavy atom. The molecule has 3 aromatic carbocycles. The first-order valence-electron chi connectivity index (χ1n) is 11.4. The lowest BCUT2D eigenvalue weighted by molar-refractivity contribution is -0.117. The number of hydrazone groups is 1. The second-order valence-electron chi connectivity index (χ2n) is 7.64. The Morgan fingerprint density at radius 1 is 0.763 bits per heavy atom. The number of benzene rings is 3. The smallest absolute Gasteiger partial charge is 0.287 e. The standard InChI is InChI=1S/C28H29N3O7/c1-34-21-12-11-20(23(16-21)35-2)15-22(30-27(32)19-9-7-6-8-10-19)28(33)31-29-17-18-13-24(36-3)26(38-5)25(14-18)37-4/h6-17H,1-5H3,(H,30,32)(H,31,33). The highest BCUT2D eigenvalue weighted by Crippen LogP contribution is 2.37. The molecule has 10 heteroatoms. The highest BCUT2D eigenvalue weighted by Gasteiger charge is 2.16. The van der Waals surface area contributed by atoms with E-state index in [1.165, 1.54) is 47.8 Å². The summed E-state index contributed by atoms with van der Waals surface area (Å²) in [6, 6.07) is 17.0. The number of amides is 2. The molecular weight excluding hydrogens is 490 g/mol. The van der Waals surface area contributed by atoms with Crippen LogP contribution < -0.4 is 34.4 Å². The Labute approximate surface area is 220 Å². The predicted octanol–water partition coefficient (Wildman–Crippen LogP) is 3.65. The summed E-state index contributed by atoms with van der Waals surface area (Å²) in [6.07, 6.45) is 2.90. The summed E-state index contributed by atoms with van der Waals surface area (Å²) in [5.74, 6) is 1.20. The average molecular weight is 520 g/mol. The number of carbonyl (C=O) groups excluding carboxylic acids is 2. The van der Waals surface area contributed by atoms with Crippen molar-refractivity contribution >= 4 is 24.1 Å². The summed E-state index contributed by atoms with van der Waals surface area (Å²) in [6.45, 7) is 0. The van der Waals surface area contributed by atoms with Crippen LogP contribution in [0.4, 0.5) is 0 Å². The lowest BCUT2D eigenvalue weighted by Gasteiger charge is -2.13. The number of hydrogen-bond acceptors (Lipinski definition) is 8. The van der Waals surface area contributed by atoms with Crippen LogP contribution in [0.3, 0.4) is 0 Å². The van der Waals surface area contributed by atoms with Gasteiger partial charge >= 0.3 is 0 Å². The van der Waals surface area contributed by atoms with E-state index >= 15 is 0 Å². The first kappa shape index (κ1) is 27.6. The van der Waals surface area contributed by atoms with Crippen molar-refractivity contribution in [3.63, 3.8) is 0 Å². The van der Waals surface area contributed by atoms with Gasteiger partial charge in [0.05, 0.1) is 41.8 Å². The van der Waals surface area contributed by atoms with E-state index in [1.807, 2.05) is 0 Å². The zero-order valence-electron chi connectivity index (χ0n) is 21.7. The molecule has 2 N–H and O–H groups in total. The molecule has 0 heterocycles. The molecule has 3 aromatic rings. The van der Waals surface area contributed by atoms with E-state index in [4.69, 9.17) is 23.7 Å². The quantitative estimate of drug-likeness (QED) is 0.226. The van der Waals surface area contributed by atoms with E-state index < -0.39 is 11.8 Å². The van der Waals surface area contributed by atoms with E-state index in [9.17, 15) is 9.59 Å². The molecule has 0 radical (unpaired) electrons. The van der Waals surface area contributed by atoms with Gasteiger partial charge in [0.15, 0.2) is 11.5 Å². The molecule has 0 atom stereocenters. The summed E-state index contributed by atoms with van der Waals surface area (Å²) < 4.78 is 26.7. The van der Waals surface area contributed by atoms with Gasteiger partial charge in [-0.1, -0.05) is 18.2 Å². The van der Waals surface area contributed by atoms with Crippen LogP contribution in [0.25, 0.3) is 6.08 Å². The molecule has 0 unspecified atom stereocenters. The van der Waals surface area contributed by atoms with Crippen molar-refractivity contribution in [3.8, 4) is 28.7 Å². The average Bonchev–Trinajstić information content (AvgIpc) is 2.96. The topological polar surface area (TPSA) is 117 Å². The van der Waals surface area contributed by atoms with Gasteiger partial charge in [-0.2, -0.15) is 5.10 Å². The number of rotatable bonds is 11. The van der Waals surface area contributed by atoms with Crippen LogP contribution in [0, 0.1) is 0 Å². The van der Waals surface area contributed by atoms with Gasteiger partial charge in [0.2, 0.25) is 5.75 Å². The maximum Gasteiger partial charge on any atom is 0.287 e. The monoisotopic (exact) mass is 519 g/mol. The molecule has 0 saturated heterocycles. The SMILES string of the molecule is COc1ccc(C=C(NC(=O)c2ccccc2)C(=O)NN=Cc2cc(OC)c(OC)c(OC)c2)c(OC)c1. The van der Waals surface area contributed by atoms with Crippen LogP contribution in [0.5, 0.6) is 28.7 Å². The maximum atomic E-state index is 13.1. The van der Waals surface area contributed by atoms with Gasteiger partial charge in [-0.25, -0.2) is 5.43 Å². The van der Waals surface area contributed by atoms with Crippen molar-refractivity contribution in [2.75, 3.05) is 35.5 Å². The second-order valence-corrected chi connectivity index (χ2v) is 7.64. The summed E-state index contributed by atoms with van der Waals surface area (Å²) in [7, 11) is 7.54. The lowest BCUT2D eigenvalue weighted by Crippen LogP contribution is -2.32. The normalized spacial score (nSPS) is 11.0. The largest absolute Gasteiger partial charge is 0.497 e. The zero-order chi connectivity index (χ0) is 27.5. The fraction of sp³-hybridized carbons (Fsp3) is 0.179. The van der Waals surface area contributed by atoms with Crippen molar-refractivity contribution in [1.82, 2.24) is 10.7 Å². The van der Waals surface area contributed by atoms with Crippen LogP contribution >= 0.6 is 0 Å². The first-order chi connectivity index (χ1) is 18.4. The Hall–Kier alpha value is -4.99. The van der Waals surface area contributed by atoms with E-state index in [0.29, 0.717) is 45.4 Å². The van der Waals surface area contributed by atoms with Crippen LogP contribution in [-0.2, 0) is 4.79 Å². The molecule has 0 aliphatic rings. The van der Waals surface area contributed by atoms with Crippen LogP contribution in [-0.4, -0.2) is 53.6 Å². The molecule has 38 heavy (non-hydrogen) atoms. The third-order valence-corrected chi connectivity index (χ3v) is 5.34. The maximum absolute atomic E-state index is 13.1.